The molecular weight excluding hydrogens is 226 g/mol. The molecule has 0 radical (unpaired) electrons. The Hall–Kier alpha value is -1.06. The van der Waals surface area contributed by atoms with Gasteiger partial charge in [-0.15, -0.1) is 0 Å². The second kappa shape index (κ2) is 5.32. The van der Waals surface area contributed by atoms with Gasteiger partial charge in [-0.25, -0.2) is 0 Å². The molecule has 0 amide bonds. The molecule has 16 heavy (non-hydrogen) atoms. The molecule has 0 bridgehead atoms. The highest BCUT2D eigenvalue weighted by molar-refractivity contribution is 6.30. The average molecular weight is 242 g/mol. The first-order valence-electron chi connectivity index (χ1n) is 5.19. The quantitative estimate of drug-likeness (QED) is 0.852. The van der Waals surface area contributed by atoms with E-state index in [9.17, 15) is 4.79 Å². The summed E-state index contributed by atoms with van der Waals surface area (Å²) < 4.78 is 0. The summed E-state index contributed by atoms with van der Waals surface area (Å²) in [5, 5.41) is 9.64. The molecule has 1 unspecified atom stereocenters. The smallest absolute Gasteiger partial charge is 0.312 e. The van der Waals surface area contributed by atoms with Crippen molar-refractivity contribution in [2.75, 3.05) is 6.54 Å². The highest BCUT2D eigenvalue weighted by atomic mass is 35.5. The second-order valence-electron chi connectivity index (χ2n) is 4.05. The first-order valence-corrected chi connectivity index (χ1v) is 5.57. The number of rotatable bonds is 4. The van der Waals surface area contributed by atoms with E-state index in [1.54, 1.807) is 12.1 Å². The number of halogens is 1. The summed E-state index contributed by atoms with van der Waals surface area (Å²) in [6.07, 6.45) is 0. The third-order valence-corrected chi connectivity index (χ3v) is 2.82. The van der Waals surface area contributed by atoms with Gasteiger partial charge in [-0.2, -0.15) is 0 Å². The summed E-state index contributed by atoms with van der Waals surface area (Å²) in [4.78, 5) is 11.1. The number of aliphatic carboxylic acids is 1. The SMILES string of the molecule is CC(C)c1ccc(Cl)cc1C(CN)C(=O)O. The Morgan fingerprint density at radius 1 is 1.44 bits per heavy atom. The van der Waals surface area contributed by atoms with Crippen LogP contribution in [-0.2, 0) is 4.79 Å². The molecule has 3 N–H and O–H groups in total. The van der Waals surface area contributed by atoms with Gasteiger partial charge in [0.1, 0.15) is 0 Å². The largest absolute Gasteiger partial charge is 0.481 e. The van der Waals surface area contributed by atoms with Gasteiger partial charge in [0, 0.05) is 11.6 Å². The average Bonchev–Trinajstić information content (AvgIpc) is 2.17. The second-order valence-corrected chi connectivity index (χ2v) is 4.49. The van der Waals surface area contributed by atoms with Crippen LogP contribution >= 0.6 is 11.6 Å². The van der Waals surface area contributed by atoms with Gasteiger partial charge in [0.2, 0.25) is 0 Å². The van der Waals surface area contributed by atoms with Crippen molar-refractivity contribution in [1.82, 2.24) is 0 Å². The van der Waals surface area contributed by atoms with Crippen molar-refractivity contribution in [2.24, 2.45) is 5.73 Å². The van der Waals surface area contributed by atoms with Crippen molar-refractivity contribution >= 4 is 17.6 Å². The predicted octanol–water partition coefficient (Wildman–Crippen LogP) is 2.59. The molecule has 0 aliphatic heterocycles. The number of hydrogen-bond donors (Lipinski definition) is 2. The van der Waals surface area contributed by atoms with Gasteiger partial charge in [0.15, 0.2) is 0 Å². The maximum absolute atomic E-state index is 11.1. The van der Waals surface area contributed by atoms with Crippen LogP contribution < -0.4 is 5.73 Å². The van der Waals surface area contributed by atoms with E-state index in [0.29, 0.717) is 5.02 Å². The Labute approximate surface area is 100 Å². The molecule has 1 aromatic carbocycles. The van der Waals surface area contributed by atoms with Gasteiger partial charge in [0.05, 0.1) is 5.92 Å². The molecule has 3 nitrogen and oxygen atoms in total. The van der Waals surface area contributed by atoms with Crippen molar-refractivity contribution in [3.8, 4) is 0 Å². The lowest BCUT2D eigenvalue weighted by molar-refractivity contribution is -0.138. The van der Waals surface area contributed by atoms with Crippen LogP contribution in [0, 0.1) is 0 Å². The van der Waals surface area contributed by atoms with Crippen molar-refractivity contribution in [3.63, 3.8) is 0 Å². The van der Waals surface area contributed by atoms with Gasteiger partial charge < -0.3 is 10.8 Å². The molecule has 0 saturated carbocycles. The van der Waals surface area contributed by atoms with E-state index in [2.05, 4.69) is 0 Å². The lowest BCUT2D eigenvalue weighted by atomic mass is 9.89. The zero-order chi connectivity index (χ0) is 12.3. The molecule has 0 aliphatic carbocycles. The summed E-state index contributed by atoms with van der Waals surface area (Å²) >= 11 is 5.89. The highest BCUT2D eigenvalue weighted by Crippen LogP contribution is 2.28. The van der Waals surface area contributed by atoms with E-state index in [-0.39, 0.29) is 12.5 Å². The normalized spacial score (nSPS) is 12.8. The van der Waals surface area contributed by atoms with Crippen molar-refractivity contribution in [1.29, 1.82) is 0 Å². The molecule has 1 atom stereocenters. The molecule has 0 fully saturated rings. The zero-order valence-electron chi connectivity index (χ0n) is 9.40. The molecule has 4 heteroatoms. The Morgan fingerprint density at radius 3 is 2.50 bits per heavy atom. The fourth-order valence-corrected chi connectivity index (χ4v) is 1.91. The number of carboxylic acid groups (broad SMARTS) is 1. The first-order chi connectivity index (χ1) is 7.47. The fraction of sp³-hybridized carbons (Fsp3) is 0.417. The van der Waals surface area contributed by atoms with Gasteiger partial charge in [-0.1, -0.05) is 31.5 Å². The minimum Gasteiger partial charge on any atom is -0.481 e. The maximum Gasteiger partial charge on any atom is 0.312 e. The fourth-order valence-electron chi connectivity index (χ4n) is 1.73. The van der Waals surface area contributed by atoms with Gasteiger partial charge >= 0.3 is 5.97 Å². The van der Waals surface area contributed by atoms with Crippen LogP contribution in [0.4, 0.5) is 0 Å². The lowest BCUT2D eigenvalue weighted by Gasteiger charge is -2.18. The molecule has 0 heterocycles. The van der Waals surface area contributed by atoms with E-state index in [0.717, 1.165) is 11.1 Å². The van der Waals surface area contributed by atoms with Crippen LogP contribution in [-0.4, -0.2) is 17.6 Å². The summed E-state index contributed by atoms with van der Waals surface area (Å²) in [6.45, 7) is 4.11. The summed E-state index contributed by atoms with van der Waals surface area (Å²) in [6, 6.07) is 5.34. The van der Waals surface area contributed by atoms with E-state index in [4.69, 9.17) is 22.4 Å². The number of carbonyl (C=O) groups is 1. The maximum atomic E-state index is 11.1. The van der Waals surface area contributed by atoms with E-state index >= 15 is 0 Å². The molecule has 0 saturated heterocycles. The minimum atomic E-state index is -0.910. The summed E-state index contributed by atoms with van der Waals surface area (Å²) in [5.41, 5.74) is 7.21. The Kier molecular flexibility index (Phi) is 4.33. The molecule has 0 aliphatic rings. The van der Waals surface area contributed by atoms with E-state index < -0.39 is 11.9 Å². The molecule has 0 spiro atoms. The van der Waals surface area contributed by atoms with Crippen LogP contribution in [0.1, 0.15) is 36.8 Å². The van der Waals surface area contributed by atoms with Crippen LogP contribution in [0.5, 0.6) is 0 Å². The van der Waals surface area contributed by atoms with Crippen LogP contribution in [0.25, 0.3) is 0 Å². The standard InChI is InChI=1S/C12H16ClNO2/c1-7(2)9-4-3-8(13)5-10(9)11(6-14)12(15)16/h3-5,7,11H,6,14H2,1-2H3,(H,15,16). The third kappa shape index (κ3) is 2.74. The van der Waals surface area contributed by atoms with Crippen LogP contribution in [0.15, 0.2) is 18.2 Å². The summed E-state index contributed by atoms with van der Waals surface area (Å²) in [5.74, 6) is -1.34. The van der Waals surface area contributed by atoms with Gasteiger partial charge in [0.25, 0.3) is 0 Å². The molecular formula is C12H16ClNO2. The van der Waals surface area contributed by atoms with Crippen molar-refractivity contribution in [2.45, 2.75) is 25.7 Å². The van der Waals surface area contributed by atoms with E-state index in [1.807, 2.05) is 19.9 Å². The molecule has 0 aromatic heterocycles. The van der Waals surface area contributed by atoms with Crippen LogP contribution in [0.2, 0.25) is 5.02 Å². The summed E-state index contributed by atoms with van der Waals surface area (Å²) in [7, 11) is 0. The van der Waals surface area contributed by atoms with Crippen molar-refractivity contribution < 1.29 is 9.90 Å². The first kappa shape index (κ1) is 13.0. The predicted molar refractivity (Wildman–Crippen MR) is 65.0 cm³/mol. The molecule has 1 rings (SSSR count). The van der Waals surface area contributed by atoms with Crippen molar-refractivity contribution in [3.05, 3.63) is 34.3 Å². The third-order valence-electron chi connectivity index (χ3n) is 2.58. The Bertz CT molecular complexity index is 391. The minimum absolute atomic E-state index is 0.0788. The number of nitrogens with two attached hydrogens (primary N) is 1. The number of hydrogen-bond acceptors (Lipinski definition) is 2. The lowest BCUT2D eigenvalue weighted by Crippen LogP contribution is -2.22. The van der Waals surface area contributed by atoms with Gasteiger partial charge in [-0.05, 0) is 29.2 Å². The topological polar surface area (TPSA) is 63.3 Å². The monoisotopic (exact) mass is 241 g/mol. The van der Waals surface area contributed by atoms with Gasteiger partial charge in [-0.3, -0.25) is 4.79 Å². The van der Waals surface area contributed by atoms with E-state index in [1.165, 1.54) is 0 Å². The molecule has 1 aromatic rings. The Balaban J connectivity index is 3.27. The molecule has 88 valence electrons. The number of benzene rings is 1. The highest BCUT2D eigenvalue weighted by Gasteiger charge is 2.22. The Morgan fingerprint density at radius 2 is 2.06 bits per heavy atom. The number of carboxylic acids is 1. The zero-order valence-corrected chi connectivity index (χ0v) is 10.2. The van der Waals surface area contributed by atoms with Crippen LogP contribution in [0.3, 0.4) is 0 Å².